The van der Waals surface area contributed by atoms with Gasteiger partial charge in [-0.3, -0.25) is 19.2 Å². The van der Waals surface area contributed by atoms with Crippen molar-refractivity contribution in [1.82, 2.24) is 5.06 Å². The second kappa shape index (κ2) is 49.7. The third kappa shape index (κ3) is 31.8. The SMILES string of the molecule is CON(C)C(=O)CC1CC/C=C/C[C@H](c2ccccc2)OC(=O)c2c(O)cc(O)cc2C1.O=C1O[C@@H](c2ccccc2)C/C=C/CC/C=C/C(CC(=O)C(F)(F)F)=C/c2c(Cl)c(O)cc(O)c21.O=C1O[C@@H](c2ccccc2)C/C=C/CC/C=C/C(CC(=O)C(F)(F)F)=C/c2cc(O)cc(O)c21.O=C1O[C@H](c2ccccc2)C/C=C/CC/C=C/C(OC(=O)C(F)(F)F)=C/c2cc(O)cc(O)c21. The smallest absolute Gasteiger partial charge is 0.491 e. The van der Waals surface area contributed by atoms with Gasteiger partial charge in [0.05, 0.1) is 12.1 Å². The van der Waals surface area contributed by atoms with E-state index in [1.807, 2.05) is 85.0 Å². The molecule has 23 nitrogen and oxygen atoms in total. The highest BCUT2D eigenvalue weighted by molar-refractivity contribution is 6.34. The highest BCUT2D eigenvalue weighted by atomic mass is 35.5. The Bertz CT molecular complexity index is 5660. The minimum Gasteiger partial charge on any atom is -0.508 e. The van der Waals surface area contributed by atoms with Crippen LogP contribution in [0.3, 0.4) is 0 Å². The average Bonchev–Trinajstić information content (AvgIpc) is 0.783. The number of cyclic esters (lactones) is 4. The fraction of sp³-hybridized carbons (Fsp3) is 0.255. The van der Waals surface area contributed by atoms with Crippen LogP contribution in [-0.2, 0) is 54.1 Å². The molecule has 135 heavy (non-hydrogen) atoms. The van der Waals surface area contributed by atoms with Crippen molar-refractivity contribution in [1.29, 1.82) is 0 Å². The van der Waals surface area contributed by atoms with Gasteiger partial charge in [-0.1, -0.05) is 218 Å². The fourth-order valence-corrected chi connectivity index (χ4v) is 14.3. The molecule has 0 saturated carbocycles. The number of Topliss-reactive ketones (excluding diaryl/α,β-unsaturated/α-hetero) is 2. The summed E-state index contributed by atoms with van der Waals surface area (Å²) in [6, 6.07) is 43.6. The maximum absolute atomic E-state index is 13.2. The number of rotatable bonds is 12. The van der Waals surface area contributed by atoms with Crippen LogP contribution in [0.5, 0.6) is 46.0 Å². The van der Waals surface area contributed by atoms with E-state index in [4.69, 9.17) is 35.4 Å². The molecule has 5 atom stereocenters. The van der Waals surface area contributed by atoms with Gasteiger partial charge in [-0.2, -0.15) is 39.5 Å². The Kier molecular flexibility index (Phi) is 38.3. The molecule has 0 aliphatic carbocycles. The molecule has 0 aromatic heterocycles. The maximum atomic E-state index is 13.2. The number of phenols is 8. The summed E-state index contributed by atoms with van der Waals surface area (Å²) in [7, 11) is 2.97. The molecule has 1 amide bonds. The van der Waals surface area contributed by atoms with Crippen LogP contribution in [0.2, 0.25) is 5.02 Å². The van der Waals surface area contributed by atoms with Gasteiger partial charge in [0.25, 0.3) is 0 Å². The number of nitrogens with zero attached hydrogens (tertiary/aromatic N) is 1. The van der Waals surface area contributed by atoms with Crippen LogP contribution in [0.1, 0.15) is 207 Å². The monoisotopic (exact) mass is 1890 g/mol. The molecule has 0 spiro atoms. The van der Waals surface area contributed by atoms with Gasteiger partial charge in [0.15, 0.2) is 0 Å². The van der Waals surface area contributed by atoms with Crippen molar-refractivity contribution < 1.29 is 147 Å². The lowest BCUT2D eigenvalue weighted by Crippen LogP contribution is -2.28. The summed E-state index contributed by atoms with van der Waals surface area (Å²) in [5.74, 6) is -14.7. The average molecular weight is 1890 g/mol. The zero-order valence-corrected chi connectivity index (χ0v) is 73.4. The van der Waals surface area contributed by atoms with Crippen LogP contribution in [0, 0.1) is 5.92 Å². The lowest BCUT2D eigenvalue weighted by atomic mass is 9.88. The molecule has 4 aliphatic heterocycles. The van der Waals surface area contributed by atoms with E-state index >= 15 is 0 Å². The van der Waals surface area contributed by atoms with Crippen LogP contribution in [0.4, 0.5) is 39.5 Å². The number of phenolic OH excluding ortho intramolecular Hbond substituents is 8. The number of carbonyl (C=O) groups is 8. The predicted molar refractivity (Wildman–Crippen MR) is 481 cm³/mol. The molecule has 33 heteroatoms. The molecule has 4 heterocycles. The number of allylic oxidation sites excluding steroid dienone is 12. The van der Waals surface area contributed by atoms with Crippen molar-refractivity contribution >= 4 is 77.1 Å². The minimum atomic E-state index is -5.25. The molecule has 8 aromatic carbocycles. The summed E-state index contributed by atoms with van der Waals surface area (Å²) in [6.45, 7) is 0. The molecule has 8 N–H and O–H groups in total. The van der Waals surface area contributed by atoms with Crippen LogP contribution < -0.4 is 0 Å². The Hall–Kier alpha value is -14.7. The number of esters is 5. The summed E-state index contributed by atoms with van der Waals surface area (Å²) in [4.78, 5) is 105. The van der Waals surface area contributed by atoms with Crippen LogP contribution >= 0.6 is 11.6 Å². The van der Waals surface area contributed by atoms with E-state index in [1.54, 1.807) is 104 Å². The maximum Gasteiger partial charge on any atom is 0.491 e. The van der Waals surface area contributed by atoms with E-state index < -0.39 is 149 Å². The summed E-state index contributed by atoms with van der Waals surface area (Å²) >= 11 is 6.19. The Morgan fingerprint density at radius 1 is 0.407 bits per heavy atom. The summed E-state index contributed by atoms with van der Waals surface area (Å²) in [5, 5.41) is 82.5. The van der Waals surface area contributed by atoms with Gasteiger partial charge in [-0.25, -0.2) is 29.0 Å². The Balaban J connectivity index is 0.000000202. The number of ether oxygens (including phenoxy) is 5. The van der Waals surface area contributed by atoms with Crippen LogP contribution in [0.15, 0.2) is 266 Å². The zero-order valence-electron chi connectivity index (χ0n) is 72.6. The van der Waals surface area contributed by atoms with Crippen molar-refractivity contribution in [2.24, 2.45) is 5.92 Å². The minimum absolute atomic E-state index is 0.0193. The summed E-state index contributed by atoms with van der Waals surface area (Å²) in [6.07, 6.45) is 13.4. The van der Waals surface area contributed by atoms with Crippen LogP contribution in [-0.4, -0.2) is 126 Å². The number of benzene rings is 8. The van der Waals surface area contributed by atoms with Crippen molar-refractivity contribution in [3.8, 4) is 46.0 Å². The number of ketones is 2. The fourth-order valence-electron chi connectivity index (χ4n) is 14.1. The zero-order chi connectivity index (χ0) is 98.1. The van der Waals surface area contributed by atoms with E-state index in [-0.39, 0.29) is 73.7 Å². The normalized spacial score (nSPS) is 20.5. The highest BCUT2D eigenvalue weighted by Gasteiger charge is 2.43. The topological polar surface area (TPSA) is 357 Å². The molecule has 12 rings (SSSR count). The van der Waals surface area contributed by atoms with Gasteiger partial charge in [0.2, 0.25) is 17.5 Å². The van der Waals surface area contributed by atoms with E-state index in [0.717, 1.165) is 78.3 Å². The van der Waals surface area contributed by atoms with Gasteiger partial charge in [0.1, 0.15) is 98.4 Å². The molecular weight excluding hydrogens is 1800 g/mol. The van der Waals surface area contributed by atoms with Crippen molar-refractivity contribution in [2.75, 3.05) is 14.2 Å². The molecule has 4 aliphatic rings. The first-order chi connectivity index (χ1) is 64.3. The molecule has 0 fully saturated rings. The van der Waals surface area contributed by atoms with Gasteiger partial charge in [-0.15, -0.1) is 0 Å². The van der Waals surface area contributed by atoms with Gasteiger partial charge in [0, 0.05) is 87.4 Å². The molecule has 0 bridgehead atoms. The van der Waals surface area contributed by atoms with E-state index in [1.165, 1.54) is 36.5 Å². The van der Waals surface area contributed by atoms with Gasteiger partial charge in [-0.05, 0) is 145 Å². The lowest BCUT2D eigenvalue weighted by molar-refractivity contribution is -0.194. The van der Waals surface area contributed by atoms with Crippen molar-refractivity contribution in [2.45, 2.75) is 146 Å². The third-order valence-corrected chi connectivity index (χ3v) is 21.2. The number of amides is 1. The molecule has 1 unspecified atom stereocenters. The number of hydrogen-bond acceptors (Lipinski definition) is 22. The Morgan fingerprint density at radius 3 is 1.16 bits per heavy atom. The highest BCUT2D eigenvalue weighted by Crippen LogP contribution is 2.43. The number of halogens is 10. The largest absolute Gasteiger partial charge is 0.508 e. The molecule has 8 aromatic rings. The van der Waals surface area contributed by atoms with Crippen molar-refractivity contribution in [3.63, 3.8) is 0 Å². The third-order valence-electron chi connectivity index (χ3n) is 20.8. The number of fused-ring (bicyclic) bond motifs is 4. The molecule has 0 radical (unpaired) electrons. The quantitative estimate of drug-likeness (QED) is 0.0185. The molecular formula is C102H95ClF9NO22. The first-order valence-electron chi connectivity index (χ1n) is 42.2. The molecule has 0 saturated heterocycles. The van der Waals surface area contributed by atoms with E-state index in [2.05, 4.69) is 4.74 Å². The second-order valence-electron chi connectivity index (χ2n) is 30.9. The van der Waals surface area contributed by atoms with E-state index in [9.17, 15) is 119 Å². The number of alkyl halides is 9. The van der Waals surface area contributed by atoms with Gasteiger partial charge < -0.3 is 64.5 Å². The standard InChI is InChI=1S/C26H22ClF3O5.C26H23F3O5.C25H21F3O6.C25H29NO6/c27-24-18-13-16(14-22(33)26(28,29)30)9-5-2-1-3-8-12-21(17-10-6-4-7-11-17)35-25(34)23(18)19(31)15-20(24)32;27-26(28,29)23(32)14-17-9-5-2-1-3-8-12-22(18-10-6-4-7-11-18)34-25(33)24-19(13-17)15-20(30)16-21(24)31;26-25(27,28)24(32)33-19-11-7-2-1-3-8-12-21(16-9-5-4-6-10-16)34-23(31)22-17(14-19)13-18(29)15-20(22)30;1-26(31-2)23(29)14-17-9-5-3-8-12-22(18-10-6-4-7-11-18)32-25(30)24-19(13-17)15-20(27)16-21(24)28/h3-11,13,15,21,31-32H,1-2,12,14H2;3-11,13,15-16,22,30-31H,1-2,12,14H2;3-11,13-15,21,29-30H,1-2,12H2;3-4,6-8,10-11,15-17,22,27-28H,5,9,12-14H2,1-2H3/b8-3+,9-5+,16-13-;8-3+,9-5+,17-13-;8-3+,11-7+,19-14-;8-3+/t21-;22-;21-;17?,22-/m1101/s1. The number of aromatic hydroxyl groups is 8. The second-order valence-corrected chi connectivity index (χ2v) is 31.2. The Morgan fingerprint density at radius 2 is 0.756 bits per heavy atom. The predicted octanol–water partition coefficient (Wildman–Crippen LogP) is 23.1. The first-order valence-corrected chi connectivity index (χ1v) is 42.6. The van der Waals surface area contributed by atoms with Gasteiger partial charge >= 0.3 is 48.4 Å². The number of hydrogen-bond donors (Lipinski definition) is 8. The lowest BCUT2D eigenvalue weighted by Gasteiger charge is -2.23. The Labute approximate surface area is 774 Å². The van der Waals surface area contributed by atoms with Crippen molar-refractivity contribution in [3.05, 3.63) is 338 Å². The number of carbonyl (C=O) groups excluding carboxylic acids is 8. The summed E-state index contributed by atoms with van der Waals surface area (Å²) in [5.41, 5.74) is 1.56. The molecule has 710 valence electrons. The first kappa shape index (κ1) is 104. The summed E-state index contributed by atoms with van der Waals surface area (Å²) < 4.78 is 143. The number of hydroxylamine groups is 2. The van der Waals surface area contributed by atoms with E-state index in [0.29, 0.717) is 93.7 Å². The van der Waals surface area contributed by atoms with Crippen LogP contribution in [0.25, 0.3) is 18.2 Å².